The highest BCUT2D eigenvalue weighted by Gasteiger charge is 2.04. The number of nitrogens with one attached hydrogen (secondary N) is 1. The van der Waals surface area contributed by atoms with E-state index in [0.29, 0.717) is 12.3 Å². The third-order valence-electron chi connectivity index (χ3n) is 3.73. The highest BCUT2D eigenvalue weighted by atomic mass is 32.2. The largest absolute Gasteiger partial charge is 0.497 e. The van der Waals surface area contributed by atoms with E-state index in [0.717, 1.165) is 16.2 Å². The van der Waals surface area contributed by atoms with Crippen molar-refractivity contribution in [3.05, 3.63) is 72.3 Å². The first-order valence-corrected chi connectivity index (χ1v) is 8.74. The average molecular weight is 337 g/mol. The SMILES string of the molecule is COc1ccc(SCC(=O)NCc2ccc3ccccc3c2)cc1. The lowest BCUT2D eigenvalue weighted by atomic mass is 10.1. The van der Waals surface area contributed by atoms with Crippen molar-refractivity contribution >= 4 is 28.4 Å². The third kappa shape index (κ3) is 4.30. The minimum absolute atomic E-state index is 0.0315. The van der Waals surface area contributed by atoms with Crippen LogP contribution in [-0.2, 0) is 11.3 Å². The van der Waals surface area contributed by atoms with E-state index in [1.165, 1.54) is 22.5 Å². The first-order chi connectivity index (χ1) is 11.7. The van der Waals surface area contributed by atoms with Gasteiger partial charge in [0, 0.05) is 11.4 Å². The summed E-state index contributed by atoms with van der Waals surface area (Å²) in [7, 11) is 1.64. The van der Waals surface area contributed by atoms with Gasteiger partial charge < -0.3 is 10.1 Å². The van der Waals surface area contributed by atoms with Gasteiger partial charge in [0.15, 0.2) is 0 Å². The number of carbonyl (C=O) groups excluding carboxylic acids is 1. The molecule has 0 bridgehead atoms. The minimum atomic E-state index is 0.0315. The van der Waals surface area contributed by atoms with E-state index in [4.69, 9.17) is 4.74 Å². The van der Waals surface area contributed by atoms with Crippen molar-refractivity contribution in [1.82, 2.24) is 5.32 Å². The molecule has 0 aromatic heterocycles. The summed E-state index contributed by atoms with van der Waals surface area (Å²) in [5.74, 6) is 1.25. The summed E-state index contributed by atoms with van der Waals surface area (Å²) in [5.41, 5.74) is 1.11. The Morgan fingerprint density at radius 1 is 1.00 bits per heavy atom. The molecule has 0 aliphatic heterocycles. The van der Waals surface area contributed by atoms with Crippen LogP contribution in [0.25, 0.3) is 10.8 Å². The van der Waals surface area contributed by atoms with Gasteiger partial charge in [-0.25, -0.2) is 0 Å². The molecule has 1 N–H and O–H groups in total. The van der Waals surface area contributed by atoms with Gasteiger partial charge in [-0.1, -0.05) is 36.4 Å². The van der Waals surface area contributed by atoms with Crippen LogP contribution in [-0.4, -0.2) is 18.8 Å². The van der Waals surface area contributed by atoms with Crippen molar-refractivity contribution in [2.24, 2.45) is 0 Å². The Labute approximate surface area is 146 Å². The molecule has 1 amide bonds. The number of hydrogen-bond acceptors (Lipinski definition) is 3. The molecule has 0 aliphatic rings. The predicted octanol–water partition coefficient (Wildman–Crippen LogP) is 4.26. The molecular weight excluding hydrogens is 318 g/mol. The Balaban J connectivity index is 1.50. The zero-order valence-corrected chi connectivity index (χ0v) is 14.3. The second-order valence-corrected chi connectivity index (χ2v) is 6.47. The number of benzene rings is 3. The molecule has 0 aliphatic carbocycles. The smallest absolute Gasteiger partial charge is 0.230 e. The van der Waals surface area contributed by atoms with Crippen molar-refractivity contribution in [3.8, 4) is 5.75 Å². The number of hydrogen-bond donors (Lipinski definition) is 1. The van der Waals surface area contributed by atoms with E-state index in [2.05, 4.69) is 35.6 Å². The quantitative estimate of drug-likeness (QED) is 0.683. The number of ether oxygens (including phenoxy) is 1. The summed E-state index contributed by atoms with van der Waals surface area (Å²) >= 11 is 1.52. The molecule has 0 unspecified atom stereocenters. The third-order valence-corrected chi connectivity index (χ3v) is 4.74. The topological polar surface area (TPSA) is 38.3 Å². The van der Waals surface area contributed by atoms with Crippen LogP contribution in [0.3, 0.4) is 0 Å². The van der Waals surface area contributed by atoms with E-state index in [1.807, 2.05) is 36.4 Å². The summed E-state index contributed by atoms with van der Waals surface area (Å²) < 4.78 is 5.12. The number of amides is 1. The molecule has 4 heteroatoms. The first kappa shape index (κ1) is 16.4. The number of fused-ring (bicyclic) bond motifs is 1. The first-order valence-electron chi connectivity index (χ1n) is 7.76. The molecule has 3 rings (SSSR count). The van der Waals surface area contributed by atoms with Crippen LogP contribution in [0.15, 0.2) is 71.6 Å². The summed E-state index contributed by atoms with van der Waals surface area (Å²) in [4.78, 5) is 13.1. The van der Waals surface area contributed by atoms with Crippen LogP contribution >= 0.6 is 11.8 Å². The van der Waals surface area contributed by atoms with Crippen LogP contribution in [0, 0.1) is 0 Å². The molecule has 24 heavy (non-hydrogen) atoms. The van der Waals surface area contributed by atoms with Gasteiger partial charge in [0.25, 0.3) is 0 Å². The molecule has 0 saturated carbocycles. The van der Waals surface area contributed by atoms with Crippen molar-refractivity contribution < 1.29 is 9.53 Å². The summed E-state index contributed by atoms with van der Waals surface area (Å²) in [6.45, 7) is 0.548. The van der Waals surface area contributed by atoms with Gasteiger partial charge in [0.2, 0.25) is 5.91 Å². The van der Waals surface area contributed by atoms with E-state index >= 15 is 0 Å². The van der Waals surface area contributed by atoms with Gasteiger partial charge in [0.1, 0.15) is 5.75 Å². The molecule has 0 heterocycles. The fraction of sp³-hybridized carbons (Fsp3) is 0.150. The van der Waals surface area contributed by atoms with Crippen LogP contribution in [0.4, 0.5) is 0 Å². The maximum absolute atomic E-state index is 12.0. The maximum Gasteiger partial charge on any atom is 0.230 e. The van der Waals surface area contributed by atoms with Crippen LogP contribution < -0.4 is 10.1 Å². The molecule has 0 spiro atoms. The lowest BCUT2D eigenvalue weighted by Gasteiger charge is -2.07. The molecule has 3 aromatic carbocycles. The Kier molecular flexibility index (Phi) is 5.39. The van der Waals surface area contributed by atoms with Gasteiger partial charge in [-0.3, -0.25) is 4.79 Å². The Morgan fingerprint density at radius 3 is 2.50 bits per heavy atom. The lowest BCUT2D eigenvalue weighted by molar-refractivity contribution is -0.118. The number of thioether (sulfide) groups is 1. The predicted molar refractivity (Wildman–Crippen MR) is 99.5 cm³/mol. The van der Waals surface area contributed by atoms with Crippen LogP contribution in [0.5, 0.6) is 5.75 Å². The zero-order chi connectivity index (χ0) is 16.8. The lowest BCUT2D eigenvalue weighted by Crippen LogP contribution is -2.24. The molecule has 0 radical (unpaired) electrons. The van der Waals surface area contributed by atoms with Gasteiger partial charge in [-0.2, -0.15) is 0 Å². The highest BCUT2D eigenvalue weighted by molar-refractivity contribution is 8.00. The summed E-state index contributed by atoms with van der Waals surface area (Å²) in [6, 6.07) is 22.2. The molecule has 3 aromatic rings. The normalized spacial score (nSPS) is 10.5. The van der Waals surface area contributed by atoms with Crippen molar-refractivity contribution in [1.29, 1.82) is 0 Å². The molecule has 3 nitrogen and oxygen atoms in total. The maximum atomic E-state index is 12.0. The fourth-order valence-corrected chi connectivity index (χ4v) is 3.15. The van der Waals surface area contributed by atoms with Crippen molar-refractivity contribution in [2.45, 2.75) is 11.4 Å². The van der Waals surface area contributed by atoms with Gasteiger partial charge in [0.05, 0.1) is 12.9 Å². The second kappa shape index (κ2) is 7.88. The van der Waals surface area contributed by atoms with Crippen LogP contribution in [0.1, 0.15) is 5.56 Å². The molecule has 0 fully saturated rings. The fourth-order valence-electron chi connectivity index (χ4n) is 2.42. The van der Waals surface area contributed by atoms with E-state index < -0.39 is 0 Å². The number of methoxy groups -OCH3 is 1. The van der Waals surface area contributed by atoms with Crippen molar-refractivity contribution in [2.75, 3.05) is 12.9 Å². The number of rotatable bonds is 6. The summed E-state index contributed by atoms with van der Waals surface area (Å²) in [6.07, 6.45) is 0. The molecule has 122 valence electrons. The van der Waals surface area contributed by atoms with Gasteiger partial charge >= 0.3 is 0 Å². The minimum Gasteiger partial charge on any atom is -0.497 e. The standard InChI is InChI=1S/C20H19NO2S/c1-23-18-8-10-19(11-9-18)24-14-20(22)21-13-15-6-7-16-4-2-3-5-17(16)12-15/h2-12H,13-14H2,1H3,(H,21,22). The Bertz CT molecular complexity index is 830. The van der Waals surface area contributed by atoms with E-state index in [9.17, 15) is 4.79 Å². The Morgan fingerprint density at radius 2 is 1.75 bits per heavy atom. The second-order valence-electron chi connectivity index (χ2n) is 5.42. The van der Waals surface area contributed by atoms with E-state index in [-0.39, 0.29) is 5.91 Å². The molecule has 0 saturated heterocycles. The average Bonchev–Trinajstić information content (AvgIpc) is 2.65. The monoisotopic (exact) mass is 337 g/mol. The molecular formula is C20H19NO2S. The zero-order valence-electron chi connectivity index (χ0n) is 13.5. The summed E-state index contributed by atoms with van der Waals surface area (Å²) in [5, 5.41) is 5.37. The molecule has 0 atom stereocenters. The Hall–Kier alpha value is -2.46. The van der Waals surface area contributed by atoms with Gasteiger partial charge in [-0.05, 0) is 46.7 Å². The van der Waals surface area contributed by atoms with Gasteiger partial charge in [-0.15, -0.1) is 11.8 Å². The van der Waals surface area contributed by atoms with E-state index in [1.54, 1.807) is 7.11 Å². The van der Waals surface area contributed by atoms with Crippen LogP contribution in [0.2, 0.25) is 0 Å². The van der Waals surface area contributed by atoms with Crippen molar-refractivity contribution in [3.63, 3.8) is 0 Å². The highest BCUT2D eigenvalue weighted by Crippen LogP contribution is 2.21. The number of carbonyl (C=O) groups is 1.